The summed E-state index contributed by atoms with van der Waals surface area (Å²) in [6, 6.07) is 10.9. The zero-order chi connectivity index (χ0) is 16.7. The molecule has 5 heteroatoms. The van der Waals surface area contributed by atoms with E-state index in [1.54, 1.807) is 6.07 Å². The topological polar surface area (TPSA) is 71.2 Å². The number of nitrogens with zero attached hydrogens (tertiary/aromatic N) is 1. The Hall–Kier alpha value is -2.95. The second-order valence-corrected chi connectivity index (χ2v) is 6.06. The molecule has 0 saturated carbocycles. The lowest BCUT2D eigenvalue weighted by Crippen LogP contribution is -2.12. The molecule has 0 atom stereocenters. The predicted octanol–water partition coefficient (Wildman–Crippen LogP) is 3.87. The van der Waals surface area contributed by atoms with E-state index in [2.05, 4.69) is 22.1 Å². The molecule has 0 radical (unpaired) electrons. The number of primary amides is 1. The average molecular weight is 321 g/mol. The SMILES string of the molecule is NC(=O)CCC1=Nc2cc(-c3c[nH]c4cc(F)ccc34)ccc2C1. The van der Waals surface area contributed by atoms with Gasteiger partial charge in [0.05, 0.1) is 5.69 Å². The first-order valence-corrected chi connectivity index (χ1v) is 7.85. The van der Waals surface area contributed by atoms with Crippen LogP contribution in [-0.2, 0) is 11.2 Å². The van der Waals surface area contributed by atoms with Crippen LogP contribution in [0, 0.1) is 5.82 Å². The molecule has 2 heterocycles. The molecular weight excluding hydrogens is 305 g/mol. The van der Waals surface area contributed by atoms with Gasteiger partial charge in [-0.05, 0) is 41.8 Å². The van der Waals surface area contributed by atoms with E-state index in [0.29, 0.717) is 12.8 Å². The number of halogens is 1. The van der Waals surface area contributed by atoms with Gasteiger partial charge >= 0.3 is 0 Å². The maximum absolute atomic E-state index is 13.3. The molecule has 0 spiro atoms. The number of amides is 1. The zero-order valence-corrected chi connectivity index (χ0v) is 13.0. The molecule has 0 unspecified atom stereocenters. The van der Waals surface area contributed by atoms with E-state index in [9.17, 15) is 9.18 Å². The maximum atomic E-state index is 13.3. The van der Waals surface area contributed by atoms with Crippen LogP contribution in [0.2, 0.25) is 0 Å². The number of carbonyl (C=O) groups is 1. The van der Waals surface area contributed by atoms with Gasteiger partial charge in [-0.15, -0.1) is 0 Å². The van der Waals surface area contributed by atoms with Crippen LogP contribution < -0.4 is 5.73 Å². The third kappa shape index (κ3) is 2.58. The molecule has 4 nitrogen and oxygen atoms in total. The fourth-order valence-corrected chi connectivity index (χ4v) is 3.16. The van der Waals surface area contributed by atoms with Gasteiger partial charge in [-0.3, -0.25) is 9.79 Å². The van der Waals surface area contributed by atoms with E-state index in [4.69, 9.17) is 5.73 Å². The molecule has 0 saturated heterocycles. The summed E-state index contributed by atoms with van der Waals surface area (Å²) >= 11 is 0. The first kappa shape index (κ1) is 14.6. The standard InChI is InChI=1S/C19H16FN3O/c20-13-3-5-15-16(10-22-18(15)9-13)11-1-2-12-7-14(4-6-19(21)24)23-17(12)8-11/h1-3,5,8-10,22H,4,6-7H2,(H2,21,24). The Morgan fingerprint density at radius 3 is 2.96 bits per heavy atom. The van der Waals surface area contributed by atoms with Gasteiger partial charge in [0, 0.05) is 41.2 Å². The highest BCUT2D eigenvalue weighted by Crippen LogP contribution is 2.35. The van der Waals surface area contributed by atoms with E-state index in [1.165, 1.54) is 12.1 Å². The molecule has 1 aliphatic heterocycles. The van der Waals surface area contributed by atoms with Crippen molar-refractivity contribution in [1.82, 2.24) is 4.98 Å². The summed E-state index contributed by atoms with van der Waals surface area (Å²) in [7, 11) is 0. The molecule has 2 aromatic carbocycles. The highest BCUT2D eigenvalue weighted by atomic mass is 19.1. The molecule has 1 aromatic heterocycles. The van der Waals surface area contributed by atoms with Gasteiger partial charge in [-0.1, -0.05) is 12.1 Å². The number of nitrogens with two attached hydrogens (primary N) is 1. The zero-order valence-electron chi connectivity index (χ0n) is 13.0. The van der Waals surface area contributed by atoms with Crippen LogP contribution >= 0.6 is 0 Å². The fourth-order valence-electron chi connectivity index (χ4n) is 3.16. The van der Waals surface area contributed by atoms with Crippen molar-refractivity contribution < 1.29 is 9.18 Å². The number of benzene rings is 2. The lowest BCUT2D eigenvalue weighted by Gasteiger charge is -2.03. The van der Waals surface area contributed by atoms with E-state index in [-0.39, 0.29) is 11.7 Å². The second-order valence-electron chi connectivity index (χ2n) is 6.06. The lowest BCUT2D eigenvalue weighted by atomic mass is 10.0. The molecule has 24 heavy (non-hydrogen) atoms. The minimum Gasteiger partial charge on any atom is -0.370 e. The Morgan fingerprint density at radius 1 is 1.25 bits per heavy atom. The van der Waals surface area contributed by atoms with Crippen molar-refractivity contribution in [2.24, 2.45) is 10.7 Å². The first-order chi connectivity index (χ1) is 11.6. The molecular formula is C19H16FN3O. The number of fused-ring (bicyclic) bond motifs is 2. The van der Waals surface area contributed by atoms with Crippen LogP contribution in [0.4, 0.5) is 10.1 Å². The van der Waals surface area contributed by atoms with E-state index in [1.807, 2.05) is 12.3 Å². The van der Waals surface area contributed by atoms with Crippen molar-refractivity contribution in [1.29, 1.82) is 0 Å². The number of hydrogen-bond donors (Lipinski definition) is 2. The molecule has 0 fully saturated rings. The number of aromatic amines is 1. The summed E-state index contributed by atoms with van der Waals surface area (Å²) < 4.78 is 13.3. The van der Waals surface area contributed by atoms with Gasteiger partial charge in [-0.25, -0.2) is 4.39 Å². The highest BCUT2D eigenvalue weighted by molar-refractivity contribution is 5.99. The number of carbonyl (C=O) groups excluding carboxylic acids is 1. The highest BCUT2D eigenvalue weighted by Gasteiger charge is 2.16. The summed E-state index contributed by atoms with van der Waals surface area (Å²) in [5, 5.41) is 0.979. The molecule has 3 aromatic rings. The van der Waals surface area contributed by atoms with E-state index in [0.717, 1.165) is 45.4 Å². The Kier molecular flexibility index (Phi) is 3.41. The van der Waals surface area contributed by atoms with E-state index < -0.39 is 0 Å². The van der Waals surface area contributed by atoms with Crippen molar-refractivity contribution in [2.45, 2.75) is 19.3 Å². The Balaban J connectivity index is 1.68. The average Bonchev–Trinajstić information content (AvgIpc) is 3.14. The number of rotatable bonds is 4. The van der Waals surface area contributed by atoms with Crippen molar-refractivity contribution in [3.05, 3.63) is 54.0 Å². The van der Waals surface area contributed by atoms with Gasteiger partial charge in [0.25, 0.3) is 0 Å². The largest absolute Gasteiger partial charge is 0.370 e. The lowest BCUT2D eigenvalue weighted by molar-refractivity contribution is -0.117. The molecule has 0 bridgehead atoms. The van der Waals surface area contributed by atoms with Crippen LogP contribution in [0.3, 0.4) is 0 Å². The molecule has 1 amide bonds. The van der Waals surface area contributed by atoms with Gasteiger partial charge in [0.2, 0.25) is 5.91 Å². The molecule has 3 N–H and O–H groups in total. The summed E-state index contributed by atoms with van der Waals surface area (Å²) in [5.41, 5.74) is 11.1. The van der Waals surface area contributed by atoms with Crippen molar-refractivity contribution in [3.63, 3.8) is 0 Å². The monoisotopic (exact) mass is 321 g/mol. The van der Waals surface area contributed by atoms with Crippen LogP contribution in [0.25, 0.3) is 22.0 Å². The van der Waals surface area contributed by atoms with Crippen LogP contribution in [-0.4, -0.2) is 16.6 Å². The minimum atomic E-state index is -0.305. The van der Waals surface area contributed by atoms with Gasteiger partial charge in [0.15, 0.2) is 0 Å². The third-order valence-electron chi connectivity index (χ3n) is 4.37. The quantitative estimate of drug-likeness (QED) is 0.752. The fraction of sp³-hybridized carbons (Fsp3) is 0.158. The summed E-state index contributed by atoms with van der Waals surface area (Å²) in [5.74, 6) is -0.561. The van der Waals surface area contributed by atoms with Crippen molar-refractivity contribution >= 4 is 28.2 Å². The predicted molar refractivity (Wildman–Crippen MR) is 92.9 cm³/mol. The second kappa shape index (κ2) is 5.60. The van der Waals surface area contributed by atoms with Crippen LogP contribution in [0.15, 0.2) is 47.6 Å². The maximum Gasteiger partial charge on any atom is 0.217 e. The number of H-pyrrole nitrogens is 1. The molecule has 1 aliphatic rings. The molecule has 120 valence electrons. The summed E-state index contributed by atoms with van der Waals surface area (Å²) in [4.78, 5) is 18.7. The Bertz CT molecular complexity index is 987. The van der Waals surface area contributed by atoms with Crippen molar-refractivity contribution in [2.75, 3.05) is 0 Å². The summed E-state index contributed by atoms with van der Waals surface area (Å²) in [6.07, 6.45) is 3.58. The number of aromatic nitrogens is 1. The van der Waals surface area contributed by atoms with Crippen LogP contribution in [0.5, 0.6) is 0 Å². The van der Waals surface area contributed by atoms with Crippen LogP contribution in [0.1, 0.15) is 18.4 Å². The van der Waals surface area contributed by atoms with E-state index >= 15 is 0 Å². The van der Waals surface area contributed by atoms with Crippen molar-refractivity contribution in [3.8, 4) is 11.1 Å². The molecule has 4 rings (SSSR count). The van der Waals surface area contributed by atoms with Gasteiger partial charge in [-0.2, -0.15) is 0 Å². The smallest absolute Gasteiger partial charge is 0.217 e. The number of nitrogens with one attached hydrogen (secondary N) is 1. The van der Waals surface area contributed by atoms with Gasteiger partial charge in [0.1, 0.15) is 5.82 Å². The third-order valence-corrected chi connectivity index (χ3v) is 4.37. The normalized spacial score (nSPS) is 13.1. The van der Waals surface area contributed by atoms with Gasteiger partial charge < -0.3 is 10.7 Å². The minimum absolute atomic E-state index is 0.256. The number of aliphatic imine (C=N–C) groups is 1. The first-order valence-electron chi connectivity index (χ1n) is 7.85. The molecule has 0 aliphatic carbocycles. The Morgan fingerprint density at radius 2 is 2.12 bits per heavy atom. The Labute approximate surface area is 138 Å². The number of hydrogen-bond acceptors (Lipinski definition) is 2. The summed E-state index contributed by atoms with van der Waals surface area (Å²) in [6.45, 7) is 0.